The van der Waals surface area contributed by atoms with Crippen LogP contribution >= 0.6 is 11.8 Å². The molecule has 17 heavy (non-hydrogen) atoms. The van der Waals surface area contributed by atoms with Gasteiger partial charge in [-0.25, -0.2) is 22.0 Å². The topological polar surface area (TPSA) is 24.4 Å². The van der Waals surface area contributed by atoms with Crippen LogP contribution in [-0.2, 0) is 0 Å². The molecule has 2 rings (SSSR count). The molecule has 0 fully saturated rings. The number of nitrogens with one attached hydrogen (secondary N) is 1. The van der Waals surface area contributed by atoms with Crippen molar-refractivity contribution in [2.24, 2.45) is 4.99 Å². The summed E-state index contributed by atoms with van der Waals surface area (Å²) in [6.07, 6.45) is 0. The summed E-state index contributed by atoms with van der Waals surface area (Å²) in [5.41, 5.74) is -1.07. The Bertz CT molecular complexity index is 474. The molecule has 0 amide bonds. The number of thioether (sulfide) groups is 1. The van der Waals surface area contributed by atoms with Gasteiger partial charge in [0, 0.05) is 5.75 Å². The van der Waals surface area contributed by atoms with Crippen LogP contribution in [0, 0.1) is 29.1 Å². The van der Waals surface area contributed by atoms with Crippen molar-refractivity contribution in [3.05, 3.63) is 29.1 Å². The average molecular weight is 268 g/mol. The summed E-state index contributed by atoms with van der Waals surface area (Å²) in [5.74, 6) is -9.32. The Kier molecular flexibility index (Phi) is 3.23. The summed E-state index contributed by atoms with van der Waals surface area (Å²) in [4.78, 5) is 3.79. The Balaban J connectivity index is 2.46. The third-order valence-corrected chi connectivity index (χ3v) is 2.92. The highest BCUT2D eigenvalue weighted by Crippen LogP contribution is 2.28. The van der Waals surface area contributed by atoms with Crippen molar-refractivity contribution in [2.75, 3.05) is 17.6 Å². The zero-order chi connectivity index (χ0) is 12.6. The van der Waals surface area contributed by atoms with Crippen molar-refractivity contribution >= 4 is 22.6 Å². The maximum absolute atomic E-state index is 13.2. The number of anilines is 1. The van der Waals surface area contributed by atoms with Crippen LogP contribution in [-0.4, -0.2) is 17.5 Å². The third kappa shape index (κ3) is 2.08. The molecule has 92 valence electrons. The normalized spacial score (nSPS) is 15.0. The maximum Gasteiger partial charge on any atom is 0.200 e. The van der Waals surface area contributed by atoms with E-state index in [1.54, 1.807) is 0 Å². The van der Waals surface area contributed by atoms with Crippen molar-refractivity contribution in [2.45, 2.75) is 0 Å². The highest BCUT2D eigenvalue weighted by Gasteiger charge is 2.26. The maximum atomic E-state index is 13.2. The number of rotatable bonds is 1. The Hall–Kier alpha value is -1.31. The number of aliphatic imine (C=N–C) groups is 1. The van der Waals surface area contributed by atoms with Crippen LogP contribution in [0.3, 0.4) is 0 Å². The molecule has 0 bridgehead atoms. The van der Waals surface area contributed by atoms with Gasteiger partial charge in [-0.1, -0.05) is 11.8 Å². The van der Waals surface area contributed by atoms with Crippen LogP contribution < -0.4 is 5.32 Å². The van der Waals surface area contributed by atoms with Crippen molar-refractivity contribution < 1.29 is 22.0 Å². The Morgan fingerprint density at radius 2 is 1.41 bits per heavy atom. The van der Waals surface area contributed by atoms with Crippen LogP contribution in [0.2, 0.25) is 0 Å². The van der Waals surface area contributed by atoms with Crippen LogP contribution in [0.25, 0.3) is 0 Å². The first-order chi connectivity index (χ1) is 8.02. The van der Waals surface area contributed by atoms with Gasteiger partial charge in [-0.15, -0.1) is 0 Å². The molecule has 0 saturated heterocycles. The summed E-state index contributed by atoms with van der Waals surface area (Å²) in [6.45, 7) is 0.433. The molecular weight excluding hydrogens is 263 g/mol. The minimum atomic E-state index is -2.17. The minimum Gasteiger partial charge on any atom is -0.330 e. The van der Waals surface area contributed by atoms with Gasteiger partial charge in [0.15, 0.2) is 28.4 Å². The van der Waals surface area contributed by atoms with Gasteiger partial charge in [0.05, 0.1) is 6.54 Å². The molecule has 0 saturated carbocycles. The SMILES string of the molecule is Fc1c(F)c(F)c(NC2=NCCS2)c(F)c1F. The van der Waals surface area contributed by atoms with E-state index >= 15 is 0 Å². The lowest BCUT2D eigenvalue weighted by Gasteiger charge is -2.09. The Morgan fingerprint density at radius 3 is 1.88 bits per heavy atom. The highest BCUT2D eigenvalue weighted by molar-refractivity contribution is 8.14. The number of halogens is 5. The first kappa shape index (κ1) is 12.2. The van der Waals surface area contributed by atoms with E-state index < -0.39 is 34.8 Å². The second kappa shape index (κ2) is 4.52. The second-order valence-electron chi connectivity index (χ2n) is 3.11. The largest absolute Gasteiger partial charge is 0.330 e. The molecule has 1 heterocycles. The van der Waals surface area contributed by atoms with Crippen molar-refractivity contribution in [1.82, 2.24) is 0 Å². The van der Waals surface area contributed by atoms with E-state index in [9.17, 15) is 22.0 Å². The first-order valence-electron chi connectivity index (χ1n) is 4.48. The molecule has 1 aromatic rings. The van der Waals surface area contributed by atoms with Crippen molar-refractivity contribution in [3.63, 3.8) is 0 Å². The average Bonchev–Trinajstić information content (AvgIpc) is 2.82. The third-order valence-electron chi connectivity index (χ3n) is 2.03. The smallest absolute Gasteiger partial charge is 0.200 e. The lowest BCUT2D eigenvalue weighted by molar-refractivity contribution is 0.382. The summed E-state index contributed by atoms with van der Waals surface area (Å²) >= 11 is 1.14. The fourth-order valence-corrected chi connectivity index (χ4v) is 1.97. The van der Waals surface area contributed by atoms with Gasteiger partial charge in [-0.3, -0.25) is 4.99 Å². The van der Waals surface area contributed by atoms with Gasteiger partial charge in [-0.05, 0) is 0 Å². The van der Waals surface area contributed by atoms with Crippen LogP contribution in [0.15, 0.2) is 4.99 Å². The molecule has 1 N–H and O–H groups in total. The van der Waals surface area contributed by atoms with E-state index in [1.807, 2.05) is 0 Å². The number of hydrogen-bond donors (Lipinski definition) is 1. The summed E-state index contributed by atoms with van der Waals surface area (Å²) in [6, 6.07) is 0. The standard InChI is InChI=1S/C9H5F5N2S/c10-3-4(11)6(13)8(7(14)5(3)12)16-9-15-1-2-17-9/h1-2H2,(H,15,16). The molecular formula is C9H5F5N2S. The number of amidine groups is 1. The summed E-state index contributed by atoms with van der Waals surface area (Å²) in [5, 5.41) is 2.24. The molecule has 0 aromatic heterocycles. The van der Waals surface area contributed by atoms with E-state index in [0.29, 0.717) is 12.3 Å². The van der Waals surface area contributed by atoms with Crippen LogP contribution in [0.4, 0.5) is 27.6 Å². The van der Waals surface area contributed by atoms with Gasteiger partial charge in [0.25, 0.3) is 0 Å². The van der Waals surface area contributed by atoms with Crippen LogP contribution in [0.1, 0.15) is 0 Å². The van der Waals surface area contributed by atoms with Crippen molar-refractivity contribution in [3.8, 4) is 0 Å². The molecule has 0 atom stereocenters. The monoisotopic (exact) mass is 268 g/mol. The Morgan fingerprint density at radius 1 is 0.882 bits per heavy atom. The molecule has 1 aliphatic rings. The Labute approximate surface area is 96.9 Å². The lowest BCUT2D eigenvalue weighted by atomic mass is 10.2. The fraction of sp³-hybridized carbons (Fsp3) is 0.222. The first-order valence-corrected chi connectivity index (χ1v) is 5.46. The zero-order valence-electron chi connectivity index (χ0n) is 8.16. The molecule has 0 radical (unpaired) electrons. The predicted molar refractivity (Wildman–Crippen MR) is 54.6 cm³/mol. The van der Waals surface area contributed by atoms with Gasteiger partial charge in [-0.2, -0.15) is 0 Å². The molecule has 1 aliphatic heterocycles. The molecule has 2 nitrogen and oxygen atoms in total. The predicted octanol–water partition coefficient (Wildman–Crippen LogP) is 2.90. The number of nitrogens with zero attached hydrogens (tertiary/aromatic N) is 1. The van der Waals surface area contributed by atoms with E-state index in [1.165, 1.54) is 0 Å². The van der Waals surface area contributed by atoms with E-state index in [4.69, 9.17) is 0 Å². The number of hydrogen-bond acceptors (Lipinski definition) is 3. The van der Waals surface area contributed by atoms with E-state index in [-0.39, 0.29) is 5.17 Å². The molecule has 0 spiro atoms. The minimum absolute atomic E-state index is 0.133. The number of benzene rings is 1. The summed E-state index contributed by atoms with van der Waals surface area (Å²) < 4.78 is 64.8. The quantitative estimate of drug-likeness (QED) is 0.481. The van der Waals surface area contributed by atoms with Crippen molar-refractivity contribution in [1.29, 1.82) is 0 Å². The molecule has 8 heteroatoms. The molecule has 1 aromatic carbocycles. The highest BCUT2D eigenvalue weighted by atomic mass is 32.2. The lowest BCUT2D eigenvalue weighted by Crippen LogP contribution is -2.13. The van der Waals surface area contributed by atoms with Gasteiger partial charge < -0.3 is 5.32 Å². The van der Waals surface area contributed by atoms with Crippen LogP contribution in [0.5, 0.6) is 0 Å². The van der Waals surface area contributed by atoms with Gasteiger partial charge in [0.1, 0.15) is 5.69 Å². The second-order valence-corrected chi connectivity index (χ2v) is 4.19. The molecule has 0 unspecified atom stereocenters. The van der Waals surface area contributed by atoms with Gasteiger partial charge in [0.2, 0.25) is 5.82 Å². The zero-order valence-corrected chi connectivity index (χ0v) is 8.98. The fourth-order valence-electron chi connectivity index (χ4n) is 1.23. The van der Waals surface area contributed by atoms with E-state index in [2.05, 4.69) is 10.3 Å². The van der Waals surface area contributed by atoms with Gasteiger partial charge >= 0.3 is 0 Å². The summed E-state index contributed by atoms with van der Waals surface area (Å²) in [7, 11) is 0. The van der Waals surface area contributed by atoms with E-state index in [0.717, 1.165) is 11.8 Å². The molecule has 0 aliphatic carbocycles.